The van der Waals surface area contributed by atoms with Gasteiger partial charge in [-0.05, 0) is 43.1 Å². The highest BCUT2D eigenvalue weighted by atomic mass is 127. The highest BCUT2D eigenvalue weighted by molar-refractivity contribution is 14.0. The monoisotopic (exact) mass is 460 g/mol. The standard InChI is InChI=1S/C19H32N4O.HI/c1-4-12-23(5-2)13-11-22-19(20-3)21-10-8-16-6-7-18-17(15-16)9-14-24-18;/h6-7,15H,4-5,8-14H2,1-3H3,(H2,20,21,22);1H. The van der Waals surface area contributed by atoms with Crippen molar-refractivity contribution in [3.05, 3.63) is 29.3 Å². The van der Waals surface area contributed by atoms with Gasteiger partial charge in [0.15, 0.2) is 5.96 Å². The summed E-state index contributed by atoms with van der Waals surface area (Å²) >= 11 is 0. The molecule has 0 fully saturated rings. The van der Waals surface area contributed by atoms with Crippen molar-refractivity contribution in [3.8, 4) is 5.75 Å². The molecule has 0 saturated heterocycles. The molecule has 0 aliphatic carbocycles. The van der Waals surface area contributed by atoms with Crippen molar-refractivity contribution in [3.63, 3.8) is 0 Å². The molecule has 0 bridgehead atoms. The third-order valence-electron chi connectivity index (χ3n) is 4.39. The average Bonchev–Trinajstić information content (AvgIpc) is 3.07. The van der Waals surface area contributed by atoms with Gasteiger partial charge in [-0.25, -0.2) is 0 Å². The van der Waals surface area contributed by atoms with Gasteiger partial charge in [-0.2, -0.15) is 0 Å². The zero-order chi connectivity index (χ0) is 17.2. The molecule has 1 aliphatic rings. The molecule has 142 valence electrons. The largest absolute Gasteiger partial charge is 0.493 e. The predicted octanol–water partition coefficient (Wildman–Crippen LogP) is 2.68. The number of rotatable bonds is 9. The van der Waals surface area contributed by atoms with Crippen LogP contribution in [0.4, 0.5) is 0 Å². The summed E-state index contributed by atoms with van der Waals surface area (Å²) in [6, 6.07) is 6.52. The summed E-state index contributed by atoms with van der Waals surface area (Å²) in [6.45, 7) is 10.4. The lowest BCUT2D eigenvalue weighted by atomic mass is 10.1. The lowest BCUT2D eigenvalue weighted by Gasteiger charge is -2.20. The summed E-state index contributed by atoms with van der Waals surface area (Å²) in [4.78, 5) is 6.75. The van der Waals surface area contributed by atoms with Crippen molar-refractivity contribution in [2.45, 2.75) is 33.1 Å². The van der Waals surface area contributed by atoms with Gasteiger partial charge < -0.3 is 20.3 Å². The first-order valence-corrected chi connectivity index (χ1v) is 9.18. The van der Waals surface area contributed by atoms with Crippen molar-refractivity contribution in [2.75, 3.05) is 46.4 Å². The zero-order valence-corrected chi connectivity index (χ0v) is 18.1. The molecule has 0 spiro atoms. The van der Waals surface area contributed by atoms with E-state index in [9.17, 15) is 0 Å². The number of guanidine groups is 1. The molecular formula is C19H33IN4O. The minimum Gasteiger partial charge on any atom is -0.493 e. The highest BCUT2D eigenvalue weighted by Crippen LogP contribution is 2.25. The summed E-state index contributed by atoms with van der Waals surface area (Å²) in [7, 11) is 1.83. The molecular weight excluding hydrogens is 427 g/mol. The second kappa shape index (κ2) is 12.4. The second-order valence-electron chi connectivity index (χ2n) is 6.15. The third kappa shape index (κ3) is 7.40. The van der Waals surface area contributed by atoms with Gasteiger partial charge in [0.05, 0.1) is 6.61 Å². The van der Waals surface area contributed by atoms with Crippen molar-refractivity contribution in [2.24, 2.45) is 4.99 Å². The Hall–Kier alpha value is -1.02. The summed E-state index contributed by atoms with van der Waals surface area (Å²) < 4.78 is 5.55. The van der Waals surface area contributed by atoms with Gasteiger partial charge in [0.2, 0.25) is 0 Å². The summed E-state index contributed by atoms with van der Waals surface area (Å²) in [6.07, 6.45) is 3.23. The number of halogens is 1. The van der Waals surface area contributed by atoms with E-state index < -0.39 is 0 Å². The van der Waals surface area contributed by atoms with Crippen LogP contribution in [0.25, 0.3) is 0 Å². The van der Waals surface area contributed by atoms with E-state index in [0.29, 0.717) is 0 Å². The first-order valence-electron chi connectivity index (χ1n) is 9.18. The molecule has 1 heterocycles. The van der Waals surface area contributed by atoms with Crippen LogP contribution in [0.1, 0.15) is 31.4 Å². The first-order chi connectivity index (χ1) is 11.8. The Kier molecular flexibility index (Phi) is 10.9. The van der Waals surface area contributed by atoms with E-state index in [-0.39, 0.29) is 24.0 Å². The number of fused-ring (bicyclic) bond motifs is 1. The fraction of sp³-hybridized carbons (Fsp3) is 0.632. The van der Waals surface area contributed by atoms with Gasteiger partial charge in [-0.15, -0.1) is 24.0 Å². The van der Waals surface area contributed by atoms with Gasteiger partial charge in [0.1, 0.15) is 5.75 Å². The van der Waals surface area contributed by atoms with Crippen LogP contribution in [-0.4, -0.2) is 57.2 Å². The van der Waals surface area contributed by atoms with Crippen molar-refractivity contribution in [1.82, 2.24) is 15.5 Å². The van der Waals surface area contributed by atoms with Crippen LogP contribution in [0.15, 0.2) is 23.2 Å². The molecule has 2 rings (SSSR count). The van der Waals surface area contributed by atoms with E-state index >= 15 is 0 Å². The first kappa shape index (κ1) is 22.0. The van der Waals surface area contributed by atoms with Crippen LogP contribution in [0.5, 0.6) is 5.75 Å². The van der Waals surface area contributed by atoms with E-state index in [1.807, 2.05) is 7.05 Å². The summed E-state index contributed by atoms with van der Waals surface area (Å²) in [5.41, 5.74) is 2.69. The van der Waals surface area contributed by atoms with Crippen molar-refractivity contribution in [1.29, 1.82) is 0 Å². The number of hydrogen-bond acceptors (Lipinski definition) is 3. The van der Waals surface area contributed by atoms with Crippen LogP contribution >= 0.6 is 24.0 Å². The maximum Gasteiger partial charge on any atom is 0.191 e. The van der Waals surface area contributed by atoms with Crippen molar-refractivity contribution >= 4 is 29.9 Å². The number of ether oxygens (including phenoxy) is 1. The number of aliphatic imine (C=N–C) groups is 1. The zero-order valence-electron chi connectivity index (χ0n) is 15.8. The van der Waals surface area contributed by atoms with Crippen LogP contribution < -0.4 is 15.4 Å². The van der Waals surface area contributed by atoms with Crippen LogP contribution in [0.3, 0.4) is 0 Å². The Morgan fingerprint density at radius 3 is 2.72 bits per heavy atom. The number of benzene rings is 1. The van der Waals surface area contributed by atoms with E-state index in [2.05, 4.69) is 52.6 Å². The average molecular weight is 460 g/mol. The van der Waals surface area contributed by atoms with Crippen LogP contribution in [0.2, 0.25) is 0 Å². The fourth-order valence-electron chi connectivity index (χ4n) is 3.02. The minimum absolute atomic E-state index is 0. The van der Waals surface area contributed by atoms with Crippen LogP contribution in [-0.2, 0) is 12.8 Å². The van der Waals surface area contributed by atoms with E-state index in [1.54, 1.807) is 0 Å². The molecule has 0 radical (unpaired) electrons. The SMILES string of the molecule is CCCN(CC)CCNC(=NC)NCCc1ccc2c(c1)CCO2.I. The number of nitrogens with one attached hydrogen (secondary N) is 2. The second-order valence-corrected chi connectivity index (χ2v) is 6.15. The molecule has 1 aliphatic heterocycles. The van der Waals surface area contributed by atoms with Gasteiger partial charge in [-0.1, -0.05) is 26.0 Å². The van der Waals surface area contributed by atoms with Gasteiger partial charge in [0, 0.05) is 33.1 Å². The van der Waals surface area contributed by atoms with Gasteiger partial charge in [0.25, 0.3) is 0 Å². The van der Waals surface area contributed by atoms with Crippen LogP contribution in [0, 0.1) is 0 Å². The minimum atomic E-state index is 0. The smallest absolute Gasteiger partial charge is 0.191 e. The number of hydrogen-bond donors (Lipinski definition) is 2. The van der Waals surface area contributed by atoms with Crippen molar-refractivity contribution < 1.29 is 4.74 Å². The quantitative estimate of drug-likeness (QED) is 0.338. The molecule has 0 atom stereocenters. The molecule has 1 aromatic carbocycles. The summed E-state index contributed by atoms with van der Waals surface area (Å²) in [5.74, 6) is 1.93. The molecule has 0 unspecified atom stereocenters. The number of nitrogens with zero attached hydrogens (tertiary/aromatic N) is 2. The highest BCUT2D eigenvalue weighted by Gasteiger charge is 2.11. The Bertz CT molecular complexity index is 536. The lowest BCUT2D eigenvalue weighted by Crippen LogP contribution is -2.42. The third-order valence-corrected chi connectivity index (χ3v) is 4.39. The Morgan fingerprint density at radius 1 is 1.20 bits per heavy atom. The normalized spacial score (nSPS) is 13.2. The molecule has 0 amide bonds. The van der Waals surface area contributed by atoms with E-state index in [4.69, 9.17) is 4.74 Å². The maximum atomic E-state index is 5.55. The molecule has 1 aromatic rings. The van der Waals surface area contributed by atoms with Gasteiger partial charge >= 0.3 is 0 Å². The predicted molar refractivity (Wildman–Crippen MR) is 117 cm³/mol. The van der Waals surface area contributed by atoms with Gasteiger partial charge in [-0.3, -0.25) is 4.99 Å². The molecule has 0 saturated carbocycles. The lowest BCUT2D eigenvalue weighted by molar-refractivity contribution is 0.293. The van der Waals surface area contributed by atoms with E-state index in [0.717, 1.165) is 63.9 Å². The maximum absolute atomic E-state index is 5.55. The number of likely N-dealkylation sites (N-methyl/N-ethyl adjacent to an activating group) is 1. The Morgan fingerprint density at radius 2 is 2.00 bits per heavy atom. The fourth-order valence-corrected chi connectivity index (χ4v) is 3.02. The molecule has 25 heavy (non-hydrogen) atoms. The topological polar surface area (TPSA) is 48.9 Å². The molecule has 2 N–H and O–H groups in total. The Balaban J connectivity index is 0.00000312. The molecule has 5 nitrogen and oxygen atoms in total. The molecule has 0 aromatic heterocycles. The molecule has 6 heteroatoms. The summed E-state index contributed by atoms with van der Waals surface area (Å²) in [5, 5.41) is 6.80. The van der Waals surface area contributed by atoms with E-state index in [1.165, 1.54) is 17.5 Å². The Labute approximate surface area is 169 Å².